The number of rotatable bonds is 5. The van der Waals surface area contributed by atoms with Crippen LogP contribution in [0.25, 0.3) is 0 Å². The van der Waals surface area contributed by atoms with Crippen molar-refractivity contribution in [2.45, 2.75) is 18.4 Å². The number of primary sulfonamides is 1. The molecule has 1 aromatic carbocycles. The highest BCUT2D eigenvalue weighted by Crippen LogP contribution is 2.08. The second kappa shape index (κ2) is 6.86. The van der Waals surface area contributed by atoms with E-state index < -0.39 is 10.0 Å². The largest absolute Gasteiger partial charge is 0.348 e. The minimum absolute atomic E-state index is 0.0514. The van der Waals surface area contributed by atoms with Crippen molar-refractivity contribution in [3.05, 3.63) is 54.1 Å². The van der Waals surface area contributed by atoms with Gasteiger partial charge in [0.1, 0.15) is 0 Å². The first-order valence-electron chi connectivity index (χ1n) is 5.62. The highest BCUT2D eigenvalue weighted by molar-refractivity contribution is 7.89. The van der Waals surface area contributed by atoms with E-state index in [9.17, 15) is 13.2 Å². The highest BCUT2D eigenvalue weighted by Gasteiger charge is 2.06. The minimum atomic E-state index is -3.67. The number of amides is 1. The lowest BCUT2D eigenvalue weighted by Gasteiger charge is -2.03. The van der Waals surface area contributed by atoms with E-state index in [1.54, 1.807) is 24.3 Å². The van der Waals surface area contributed by atoms with Crippen LogP contribution in [0.3, 0.4) is 0 Å². The Morgan fingerprint density at radius 2 is 1.89 bits per heavy atom. The van der Waals surface area contributed by atoms with Crippen molar-refractivity contribution in [2.75, 3.05) is 0 Å². The normalized spacial score (nSPS) is 12.1. The molecular formula is C13H16N2O3S. The SMILES string of the molecule is C/C=C/C=C/C(=O)NCc1ccc(S(N)(=O)=O)cc1. The number of nitrogens with one attached hydrogen (secondary N) is 1. The lowest BCUT2D eigenvalue weighted by atomic mass is 10.2. The van der Waals surface area contributed by atoms with Crippen molar-refractivity contribution in [2.24, 2.45) is 5.14 Å². The maximum atomic E-state index is 11.4. The van der Waals surface area contributed by atoms with E-state index in [1.165, 1.54) is 18.2 Å². The van der Waals surface area contributed by atoms with E-state index in [2.05, 4.69) is 5.32 Å². The van der Waals surface area contributed by atoms with Crippen LogP contribution in [0.2, 0.25) is 0 Å². The van der Waals surface area contributed by atoms with Gasteiger partial charge < -0.3 is 5.32 Å². The number of hydrogen-bond acceptors (Lipinski definition) is 3. The second-order valence-corrected chi connectivity index (χ2v) is 5.35. The van der Waals surface area contributed by atoms with Crippen molar-refractivity contribution >= 4 is 15.9 Å². The summed E-state index contributed by atoms with van der Waals surface area (Å²) in [6.07, 6.45) is 6.62. The molecule has 0 unspecified atom stereocenters. The van der Waals surface area contributed by atoms with Gasteiger partial charge in [-0.1, -0.05) is 30.4 Å². The molecule has 1 amide bonds. The van der Waals surface area contributed by atoms with Gasteiger partial charge in [0.2, 0.25) is 15.9 Å². The first-order chi connectivity index (χ1) is 8.93. The molecule has 0 saturated carbocycles. The second-order valence-electron chi connectivity index (χ2n) is 3.79. The van der Waals surface area contributed by atoms with Crippen molar-refractivity contribution < 1.29 is 13.2 Å². The van der Waals surface area contributed by atoms with Gasteiger partial charge in [-0.25, -0.2) is 13.6 Å². The summed E-state index contributed by atoms with van der Waals surface area (Å²) in [6, 6.07) is 6.03. The van der Waals surface area contributed by atoms with Gasteiger partial charge in [-0.15, -0.1) is 0 Å². The van der Waals surface area contributed by atoms with Crippen molar-refractivity contribution in [1.29, 1.82) is 0 Å². The standard InChI is InChI=1S/C13H16N2O3S/c1-2-3-4-5-13(16)15-10-11-6-8-12(9-7-11)19(14,17)18/h2-9H,10H2,1H3,(H,15,16)(H2,14,17,18)/b3-2+,5-4+. The molecule has 0 aromatic heterocycles. The van der Waals surface area contributed by atoms with E-state index in [-0.39, 0.29) is 10.8 Å². The first kappa shape index (κ1) is 15.1. The quantitative estimate of drug-likeness (QED) is 0.625. The molecule has 1 rings (SSSR count). The topological polar surface area (TPSA) is 89.3 Å². The van der Waals surface area contributed by atoms with Crippen LogP contribution < -0.4 is 10.5 Å². The molecule has 0 saturated heterocycles. The fraction of sp³-hybridized carbons (Fsp3) is 0.154. The van der Waals surface area contributed by atoms with Crippen LogP contribution in [0.4, 0.5) is 0 Å². The molecular weight excluding hydrogens is 264 g/mol. The van der Waals surface area contributed by atoms with Gasteiger partial charge >= 0.3 is 0 Å². The number of carbonyl (C=O) groups excluding carboxylic acids is 1. The Balaban J connectivity index is 2.58. The highest BCUT2D eigenvalue weighted by atomic mass is 32.2. The summed E-state index contributed by atoms with van der Waals surface area (Å²) in [7, 11) is -3.67. The predicted molar refractivity (Wildman–Crippen MR) is 73.6 cm³/mol. The number of sulfonamides is 1. The molecule has 102 valence electrons. The van der Waals surface area contributed by atoms with Crippen molar-refractivity contribution in [3.63, 3.8) is 0 Å². The molecule has 6 heteroatoms. The summed E-state index contributed by atoms with van der Waals surface area (Å²) in [5.41, 5.74) is 0.792. The average molecular weight is 280 g/mol. The average Bonchev–Trinajstić information content (AvgIpc) is 2.36. The van der Waals surface area contributed by atoms with Gasteiger partial charge in [0.25, 0.3) is 0 Å². The zero-order valence-electron chi connectivity index (χ0n) is 10.5. The Bertz CT molecular complexity index is 587. The van der Waals surface area contributed by atoms with Crippen LogP contribution in [0.5, 0.6) is 0 Å². The monoisotopic (exact) mass is 280 g/mol. The molecule has 0 aliphatic rings. The Labute approximate surface area is 112 Å². The molecule has 19 heavy (non-hydrogen) atoms. The third-order valence-electron chi connectivity index (χ3n) is 2.27. The van der Waals surface area contributed by atoms with E-state index in [1.807, 2.05) is 13.0 Å². The van der Waals surface area contributed by atoms with Crippen LogP contribution in [0, 0.1) is 0 Å². The molecule has 0 radical (unpaired) electrons. The fourth-order valence-corrected chi connectivity index (χ4v) is 1.81. The Kier molecular flexibility index (Phi) is 5.47. The molecule has 0 aliphatic carbocycles. The summed E-state index contributed by atoms with van der Waals surface area (Å²) in [5, 5.41) is 7.66. The molecule has 0 heterocycles. The van der Waals surface area contributed by atoms with Crippen LogP contribution in [0.1, 0.15) is 12.5 Å². The first-order valence-corrected chi connectivity index (χ1v) is 7.17. The van der Waals surface area contributed by atoms with Gasteiger partial charge in [-0.3, -0.25) is 4.79 Å². The summed E-state index contributed by atoms with van der Waals surface area (Å²) in [5.74, 6) is -0.214. The predicted octanol–water partition coefficient (Wildman–Crippen LogP) is 1.08. The molecule has 5 nitrogen and oxygen atoms in total. The lowest BCUT2D eigenvalue weighted by molar-refractivity contribution is -0.116. The van der Waals surface area contributed by atoms with Crippen molar-refractivity contribution in [1.82, 2.24) is 5.32 Å². The third kappa shape index (κ3) is 5.50. The molecule has 1 aromatic rings. The molecule has 0 fully saturated rings. The van der Waals surface area contributed by atoms with Crippen molar-refractivity contribution in [3.8, 4) is 0 Å². The molecule has 3 N–H and O–H groups in total. The minimum Gasteiger partial charge on any atom is -0.348 e. The Morgan fingerprint density at radius 1 is 1.26 bits per heavy atom. The van der Waals surface area contributed by atoms with Gasteiger partial charge in [-0.05, 0) is 24.6 Å². The molecule has 0 aliphatic heterocycles. The number of nitrogens with two attached hydrogens (primary N) is 1. The van der Waals surface area contributed by atoms with Gasteiger partial charge in [0, 0.05) is 12.6 Å². The van der Waals surface area contributed by atoms with E-state index in [0.29, 0.717) is 6.54 Å². The maximum absolute atomic E-state index is 11.4. The van der Waals surface area contributed by atoms with Gasteiger partial charge in [0.05, 0.1) is 4.90 Å². The van der Waals surface area contributed by atoms with Crippen LogP contribution in [0.15, 0.2) is 53.5 Å². The summed E-state index contributed by atoms with van der Waals surface area (Å²) in [4.78, 5) is 11.4. The van der Waals surface area contributed by atoms with Crippen LogP contribution >= 0.6 is 0 Å². The van der Waals surface area contributed by atoms with E-state index in [0.717, 1.165) is 5.56 Å². The third-order valence-corrected chi connectivity index (χ3v) is 3.20. The van der Waals surface area contributed by atoms with Crippen LogP contribution in [-0.4, -0.2) is 14.3 Å². The smallest absolute Gasteiger partial charge is 0.244 e. The fourth-order valence-electron chi connectivity index (χ4n) is 1.30. The molecule has 0 atom stereocenters. The zero-order chi connectivity index (χ0) is 14.3. The Hall–Kier alpha value is -1.92. The van der Waals surface area contributed by atoms with Gasteiger partial charge in [0.15, 0.2) is 0 Å². The maximum Gasteiger partial charge on any atom is 0.244 e. The number of carbonyl (C=O) groups is 1. The van der Waals surface area contributed by atoms with E-state index in [4.69, 9.17) is 5.14 Å². The summed E-state index contributed by atoms with van der Waals surface area (Å²) < 4.78 is 22.1. The summed E-state index contributed by atoms with van der Waals surface area (Å²) in [6.45, 7) is 2.18. The Morgan fingerprint density at radius 3 is 2.42 bits per heavy atom. The summed E-state index contributed by atoms with van der Waals surface area (Å²) >= 11 is 0. The number of hydrogen-bond donors (Lipinski definition) is 2. The van der Waals surface area contributed by atoms with E-state index >= 15 is 0 Å². The number of allylic oxidation sites excluding steroid dienone is 3. The van der Waals surface area contributed by atoms with Gasteiger partial charge in [-0.2, -0.15) is 0 Å². The lowest BCUT2D eigenvalue weighted by Crippen LogP contribution is -2.20. The molecule has 0 spiro atoms. The number of benzene rings is 1. The molecule has 0 bridgehead atoms. The van der Waals surface area contributed by atoms with Crippen LogP contribution in [-0.2, 0) is 21.4 Å². The zero-order valence-corrected chi connectivity index (χ0v) is 11.4.